The third-order valence-electron chi connectivity index (χ3n) is 18.5. The average molecular weight is 1160 g/mol. The summed E-state index contributed by atoms with van der Waals surface area (Å²) < 4.78 is 0. The van der Waals surface area contributed by atoms with Crippen molar-refractivity contribution in [2.45, 2.75) is 0 Å². The normalized spacial score (nSPS) is 12.3. The second-order valence-corrected chi connectivity index (χ2v) is 23.9. The predicted octanol–water partition coefficient (Wildman–Crippen LogP) is 20.2. The van der Waals surface area contributed by atoms with Crippen LogP contribution in [0, 0.1) is 0 Å². The van der Waals surface area contributed by atoms with Gasteiger partial charge in [0.05, 0.1) is 0 Å². The number of hydrogen-bond donors (Lipinski definition) is 0. The van der Waals surface area contributed by atoms with Crippen LogP contribution in [0.25, 0.3) is 122 Å². The van der Waals surface area contributed by atoms with E-state index in [1.165, 1.54) is 37.9 Å². The first-order chi connectivity index (χ1) is 45.1. The molecule has 3 heterocycles. The van der Waals surface area contributed by atoms with Crippen LogP contribution in [-0.4, -0.2) is 21.7 Å². The first kappa shape index (κ1) is 52.2. The standard InChI is InChI=1S/C85H54BN5/c1-7-23-55(24-8-1)67-45-68(56-25-9-2-10-26-56)48-72(47-67)90-78-53-71(85-88-83(59-31-15-5-16-32-59)87-84(89-85)60-33-17-6-18-34-60)54-79-80(78)86(76-41-39-65-43-61-35-19-21-37-63(61)51-74(65)81(76)90)77-42-40-66-44-62-36-20-22-38-64(62)52-75(66)82(77)91(79)73-49-69(57-27-11-3-12-28-57)46-70(50-73)58-29-13-4-14-30-58/h1-54H. The summed E-state index contributed by atoms with van der Waals surface area (Å²) in [6.45, 7) is -0.238. The third-order valence-corrected chi connectivity index (χ3v) is 18.5. The molecule has 0 bridgehead atoms. The van der Waals surface area contributed by atoms with E-state index < -0.39 is 0 Å². The molecule has 0 unspecified atom stereocenters. The van der Waals surface area contributed by atoms with Gasteiger partial charge in [0, 0.05) is 61.6 Å². The van der Waals surface area contributed by atoms with Crippen molar-refractivity contribution in [3.63, 3.8) is 0 Å². The van der Waals surface area contributed by atoms with Gasteiger partial charge in [-0.2, -0.15) is 0 Å². The Hall–Kier alpha value is -12.0. The summed E-state index contributed by atoms with van der Waals surface area (Å²) in [5, 5.41) is 9.41. The highest BCUT2D eigenvalue weighted by Crippen LogP contribution is 2.51. The fourth-order valence-electron chi connectivity index (χ4n) is 14.3. The Morgan fingerprint density at radius 1 is 0.220 bits per heavy atom. The number of fused-ring (bicyclic) bond motifs is 10. The van der Waals surface area contributed by atoms with Gasteiger partial charge in [-0.25, -0.2) is 15.0 Å². The van der Waals surface area contributed by atoms with Gasteiger partial charge in [0.15, 0.2) is 17.5 Å². The minimum Gasteiger partial charge on any atom is -0.311 e. The van der Waals surface area contributed by atoms with Crippen LogP contribution in [-0.2, 0) is 0 Å². The second-order valence-electron chi connectivity index (χ2n) is 23.9. The molecule has 18 rings (SSSR count). The molecular formula is C85H54BN5. The summed E-state index contributed by atoms with van der Waals surface area (Å²) in [4.78, 5) is 21.6. The van der Waals surface area contributed by atoms with Crippen molar-refractivity contribution in [1.29, 1.82) is 0 Å². The van der Waals surface area contributed by atoms with Gasteiger partial charge in [-0.1, -0.05) is 255 Å². The van der Waals surface area contributed by atoms with E-state index in [-0.39, 0.29) is 6.71 Å². The molecule has 6 heteroatoms. The Morgan fingerprint density at radius 2 is 0.516 bits per heavy atom. The zero-order chi connectivity index (χ0) is 59.9. The molecule has 0 N–H and O–H groups in total. The summed E-state index contributed by atoms with van der Waals surface area (Å²) in [5.41, 5.74) is 21.7. The van der Waals surface area contributed by atoms with Crippen LogP contribution in [0.3, 0.4) is 0 Å². The number of benzene rings is 15. The highest BCUT2D eigenvalue weighted by atomic mass is 15.2. The minimum atomic E-state index is -0.238. The molecule has 0 amide bonds. The van der Waals surface area contributed by atoms with E-state index in [0.29, 0.717) is 17.5 Å². The lowest BCUT2D eigenvalue weighted by Crippen LogP contribution is -2.61. The van der Waals surface area contributed by atoms with Crippen LogP contribution >= 0.6 is 0 Å². The largest absolute Gasteiger partial charge is 0.311 e. The molecule has 0 atom stereocenters. The lowest BCUT2D eigenvalue weighted by Gasteiger charge is -2.45. The minimum absolute atomic E-state index is 0.238. The Morgan fingerprint density at radius 3 is 0.857 bits per heavy atom. The maximum absolute atomic E-state index is 5.57. The van der Waals surface area contributed by atoms with Gasteiger partial charge < -0.3 is 9.80 Å². The van der Waals surface area contributed by atoms with Crippen LogP contribution in [0.4, 0.5) is 34.1 Å². The Bertz CT molecular complexity index is 5080. The molecule has 0 aliphatic carbocycles. The van der Waals surface area contributed by atoms with Crippen LogP contribution in [0.5, 0.6) is 0 Å². The average Bonchev–Trinajstić information content (AvgIpc) is 0.702. The fourth-order valence-corrected chi connectivity index (χ4v) is 14.3. The van der Waals surface area contributed by atoms with Crippen molar-refractivity contribution >= 4 is 100 Å². The summed E-state index contributed by atoms with van der Waals surface area (Å²) in [6.07, 6.45) is 0. The van der Waals surface area contributed by atoms with Gasteiger partial charge in [0.25, 0.3) is 6.71 Å². The SMILES string of the molecule is c1ccc(-c2cc(-c3ccccc3)cc(N3c4cc(-c5nc(-c6ccccc6)nc(-c6ccccc6)n5)cc5c4B(c4ccc6cc7ccccc7cc6c43)c3ccc4cc6ccccc6cc4c3N5c3cc(-c4ccccc4)cc(-c4ccccc4)c3)c2)cc1. The molecule has 2 aliphatic rings. The monoisotopic (exact) mass is 1160 g/mol. The van der Waals surface area contributed by atoms with Crippen molar-refractivity contribution in [3.8, 4) is 78.7 Å². The van der Waals surface area contributed by atoms with Gasteiger partial charge in [-0.3, -0.25) is 0 Å². The lowest BCUT2D eigenvalue weighted by molar-refractivity contribution is 1.07. The molecule has 1 aromatic heterocycles. The number of anilines is 6. The maximum atomic E-state index is 5.57. The molecule has 0 radical (unpaired) electrons. The van der Waals surface area contributed by atoms with Gasteiger partial charge in [0.2, 0.25) is 0 Å². The predicted molar refractivity (Wildman–Crippen MR) is 382 cm³/mol. The first-order valence-electron chi connectivity index (χ1n) is 31.2. The summed E-state index contributed by atoms with van der Waals surface area (Å²) in [7, 11) is 0. The fraction of sp³-hybridized carbons (Fsp3) is 0. The lowest BCUT2D eigenvalue weighted by atomic mass is 9.33. The molecule has 0 spiro atoms. The Kier molecular flexibility index (Phi) is 12.3. The summed E-state index contributed by atoms with van der Waals surface area (Å²) >= 11 is 0. The van der Waals surface area contributed by atoms with E-state index in [2.05, 4.69) is 325 Å². The number of rotatable bonds is 9. The molecule has 2 aliphatic heterocycles. The molecule has 91 heavy (non-hydrogen) atoms. The van der Waals surface area contributed by atoms with Gasteiger partial charge in [-0.15, -0.1) is 0 Å². The van der Waals surface area contributed by atoms with E-state index in [4.69, 9.17) is 15.0 Å². The highest BCUT2D eigenvalue weighted by molar-refractivity contribution is 7.00. The van der Waals surface area contributed by atoms with E-state index >= 15 is 0 Å². The summed E-state index contributed by atoms with van der Waals surface area (Å²) in [5.74, 6) is 1.76. The second kappa shape index (κ2) is 21.4. The highest BCUT2D eigenvalue weighted by Gasteiger charge is 2.45. The van der Waals surface area contributed by atoms with E-state index in [0.717, 1.165) is 117 Å². The van der Waals surface area contributed by atoms with E-state index in [9.17, 15) is 0 Å². The van der Waals surface area contributed by atoms with Crippen LogP contribution < -0.4 is 26.2 Å². The number of hydrogen-bond acceptors (Lipinski definition) is 5. The van der Waals surface area contributed by atoms with Crippen LogP contribution in [0.15, 0.2) is 328 Å². The van der Waals surface area contributed by atoms with Crippen molar-refractivity contribution in [1.82, 2.24) is 15.0 Å². The smallest absolute Gasteiger partial charge is 0.252 e. The number of aromatic nitrogens is 3. The van der Waals surface area contributed by atoms with Crippen LogP contribution in [0.1, 0.15) is 0 Å². The molecule has 5 nitrogen and oxygen atoms in total. The molecule has 0 saturated carbocycles. The zero-order valence-electron chi connectivity index (χ0n) is 49.5. The third kappa shape index (κ3) is 8.98. The zero-order valence-corrected chi connectivity index (χ0v) is 49.5. The van der Waals surface area contributed by atoms with Gasteiger partial charge in [0.1, 0.15) is 0 Å². The first-order valence-corrected chi connectivity index (χ1v) is 31.2. The van der Waals surface area contributed by atoms with Crippen molar-refractivity contribution < 1.29 is 0 Å². The van der Waals surface area contributed by atoms with Crippen molar-refractivity contribution in [3.05, 3.63) is 328 Å². The Labute approximate surface area is 528 Å². The molecule has 15 aromatic carbocycles. The Balaban J connectivity index is 1.03. The molecule has 0 fully saturated rings. The molecular weight excluding hydrogens is 1100 g/mol. The van der Waals surface area contributed by atoms with Crippen molar-refractivity contribution in [2.75, 3.05) is 9.80 Å². The van der Waals surface area contributed by atoms with Crippen LogP contribution in [0.2, 0.25) is 0 Å². The molecule has 422 valence electrons. The van der Waals surface area contributed by atoms with E-state index in [1.807, 2.05) is 12.1 Å². The number of nitrogens with zero attached hydrogens (tertiary/aromatic N) is 5. The van der Waals surface area contributed by atoms with Gasteiger partial charge in [-0.05, 0) is 166 Å². The molecule has 16 aromatic rings. The van der Waals surface area contributed by atoms with E-state index in [1.54, 1.807) is 0 Å². The quantitative estimate of drug-likeness (QED) is 0.106. The summed E-state index contributed by atoms with van der Waals surface area (Å²) in [6, 6.07) is 120. The molecule has 0 saturated heterocycles. The topological polar surface area (TPSA) is 45.2 Å². The van der Waals surface area contributed by atoms with Crippen molar-refractivity contribution in [2.24, 2.45) is 0 Å². The maximum Gasteiger partial charge on any atom is 0.252 e. The van der Waals surface area contributed by atoms with Gasteiger partial charge >= 0.3 is 0 Å².